The molecule has 0 radical (unpaired) electrons. The minimum absolute atomic E-state index is 0.0629. The summed E-state index contributed by atoms with van der Waals surface area (Å²) in [6.07, 6.45) is 7.81. The summed E-state index contributed by atoms with van der Waals surface area (Å²) in [5, 5.41) is 3.46. The van der Waals surface area contributed by atoms with Gasteiger partial charge < -0.3 is 5.32 Å². The number of nitrogens with one attached hydrogen (secondary N) is 1. The van der Waals surface area contributed by atoms with E-state index in [-0.39, 0.29) is 5.91 Å². The monoisotopic (exact) mass is 396 g/mol. The molecule has 0 bridgehead atoms. The van der Waals surface area contributed by atoms with E-state index in [9.17, 15) is 13.2 Å². The molecule has 1 saturated heterocycles. The van der Waals surface area contributed by atoms with Crippen molar-refractivity contribution >= 4 is 33.4 Å². The van der Waals surface area contributed by atoms with Crippen molar-refractivity contribution in [3.63, 3.8) is 0 Å². The summed E-state index contributed by atoms with van der Waals surface area (Å²) in [5.41, 5.74) is 1.28. The number of benzene rings is 1. The summed E-state index contributed by atoms with van der Waals surface area (Å²) in [6.45, 7) is 2.96. The van der Waals surface area contributed by atoms with Gasteiger partial charge in [-0.05, 0) is 50.3 Å². The van der Waals surface area contributed by atoms with Crippen molar-refractivity contribution < 1.29 is 13.2 Å². The summed E-state index contributed by atoms with van der Waals surface area (Å²) in [5.74, 6) is 0.360. The molecule has 5 nitrogen and oxygen atoms in total. The number of anilines is 1. The number of hydrogen-bond acceptors (Lipinski definition) is 4. The highest BCUT2D eigenvalue weighted by Gasteiger charge is 2.27. The third-order valence-electron chi connectivity index (χ3n) is 5.16. The number of amides is 1. The van der Waals surface area contributed by atoms with E-state index in [2.05, 4.69) is 5.32 Å². The number of hydrogen-bond donors (Lipinski definition) is 1. The van der Waals surface area contributed by atoms with Crippen LogP contribution in [0.1, 0.15) is 50.5 Å². The third-order valence-corrected chi connectivity index (χ3v) is 8.57. The average molecular weight is 397 g/mol. The van der Waals surface area contributed by atoms with E-state index in [4.69, 9.17) is 0 Å². The van der Waals surface area contributed by atoms with Gasteiger partial charge in [0, 0.05) is 24.0 Å². The summed E-state index contributed by atoms with van der Waals surface area (Å²) >= 11 is 1.71. The van der Waals surface area contributed by atoms with E-state index in [0.717, 1.165) is 19.3 Å². The maximum absolute atomic E-state index is 13.0. The van der Waals surface area contributed by atoms with Crippen molar-refractivity contribution in [2.24, 2.45) is 0 Å². The van der Waals surface area contributed by atoms with E-state index in [1.165, 1.54) is 25.7 Å². The van der Waals surface area contributed by atoms with Crippen molar-refractivity contribution in [3.8, 4) is 0 Å². The highest BCUT2D eigenvalue weighted by molar-refractivity contribution is 8.00. The number of carbonyl (C=O) groups is 1. The van der Waals surface area contributed by atoms with Crippen molar-refractivity contribution in [1.82, 2.24) is 4.31 Å². The number of carbonyl (C=O) groups excluding carboxylic acids is 1. The van der Waals surface area contributed by atoms with Gasteiger partial charge in [-0.3, -0.25) is 4.79 Å². The largest absolute Gasteiger partial charge is 0.325 e. The first-order chi connectivity index (χ1) is 12.5. The molecular formula is C19H28N2O3S2. The number of aryl methyl sites for hydroxylation is 1. The van der Waals surface area contributed by atoms with Crippen LogP contribution in [0.25, 0.3) is 0 Å². The number of piperidine rings is 1. The molecule has 144 valence electrons. The van der Waals surface area contributed by atoms with E-state index in [1.54, 1.807) is 41.2 Å². The Balaban J connectivity index is 1.67. The summed E-state index contributed by atoms with van der Waals surface area (Å²) in [7, 11) is -3.50. The molecule has 1 aromatic carbocycles. The zero-order valence-corrected chi connectivity index (χ0v) is 17.0. The molecule has 3 rings (SSSR count). The van der Waals surface area contributed by atoms with Crippen LogP contribution in [0.15, 0.2) is 23.1 Å². The van der Waals surface area contributed by atoms with Crippen LogP contribution in [0.2, 0.25) is 0 Å². The molecule has 0 aromatic heterocycles. The number of nitrogens with zero attached hydrogens (tertiary/aromatic N) is 1. The van der Waals surface area contributed by atoms with Crippen molar-refractivity contribution in [3.05, 3.63) is 23.8 Å². The van der Waals surface area contributed by atoms with Gasteiger partial charge in [0.1, 0.15) is 0 Å². The van der Waals surface area contributed by atoms with Crippen LogP contribution in [0, 0.1) is 6.92 Å². The Morgan fingerprint density at radius 1 is 1.15 bits per heavy atom. The third kappa shape index (κ3) is 4.81. The molecule has 1 aliphatic heterocycles. The molecular weight excluding hydrogens is 368 g/mol. The summed E-state index contributed by atoms with van der Waals surface area (Å²) in [4.78, 5) is 12.5. The van der Waals surface area contributed by atoms with Crippen LogP contribution in [0.5, 0.6) is 0 Å². The molecule has 1 aromatic rings. The Bertz CT molecular complexity index is 737. The van der Waals surface area contributed by atoms with Gasteiger partial charge in [-0.15, -0.1) is 11.8 Å². The molecule has 2 aliphatic rings. The molecule has 0 atom stereocenters. The first-order valence-electron chi connectivity index (χ1n) is 9.49. The second kappa shape index (κ2) is 8.76. The highest BCUT2D eigenvalue weighted by atomic mass is 32.2. The Kier molecular flexibility index (Phi) is 6.64. The quantitative estimate of drug-likeness (QED) is 0.795. The molecule has 0 unspecified atom stereocenters. The second-order valence-electron chi connectivity index (χ2n) is 7.21. The van der Waals surface area contributed by atoms with E-state index in [1.807, 2.05) is 0 Å². The van der Waals surface area contributed by atoms with E-state index < -0.39 is 10.0 Å². The van der Waals surface area contributed by atoms with Crippen molar-refractivity contribution in [2.75, 3.05) is 24.2 Å². The van der Waals surface area contributed by atoms with Crippen molar-refractivity contribution in [2.45, 2.75) is 62.0 Å². The smallest absolute Gasteiger partial charge is 0.243 e. The molecule has 0 spiro atoms. The predicted molar refractivity (Wildman–Crippen MR) is 107 cm³/mol. The van der Waals surface area contributed by atoms with Gasteiger partial charge in [-0.25, -0.2) is 8.42 Å². The fraction of sp³-hybridized carbons (Fsp3) is 0.632. The average Bonchev–Trinajstić information content (AvgIpc) is 3.16. The van der Waals surface area contributed by atoms with Crippen LogP contribution in [-0.2, 0) is 14.8 Å². The standard InChI is InChI=1S/C19H28N2O3S2/c1-15-9-10-16(20-19(22)14-25-17-7-3-4-8-17)13-18(15)26(23,24)21-11-5-2-6-12-21/h9-10,13,17H,2-8,11-12,14H2,1H3,(H,20,22). The van der Waals surface area contributed by atoms with Gasteiger partial charge in [0.15, 0.2) is 0 Å². The predicted octanol–water partition coefficient (Wildman–Crippen LogP) is 3.78. The molecule has 1 amide bonds. The first kappa shape index (κ1) is 19.7. The molecule has 7 heteroatoms. The lowest BCUT2D eigenvalue weighted by atomic mass is 10.2. The topological polar surface area (TPSA) is 66.5 Å². The highest BCUT2D eigenvalue weighted by Crippen LogP contribution is 2.30. The summed E-state index contributed by atoms with van der Waals surface area (Å²) in [6, 6.07) is 5.16. The Morgan fingerprint density at radius 3 is 2.54 bits per heavy atom. The van der Waals surface area contributed by atoms with Crippen LogP contribution < -0.4 is 5.32 Å². The van der Waals surface area contributed by atoms with Crippen LogP contribution in [0.3, 0.4) is 0 Å². The van der Waals surface area contributed by atoms with Gasteiger partial charge in [-0.2, -0.15) is 4.31 Å². The molecule has 1 N–H and O–H groups in total. The lowest BCUT2D eigenvalue weighted by molar-refractivity contribution is -0.113. The fourth-order valence-electron chi connectivity index (χ4n) is 3.65. The maximum atomic E-state index is 13.0. The van der Waals surface area contributed by atoms with E-state index >= 15 is 0 Å². The van der Waals surface area contributed by atoms with Gasteiger partial charge >= 0.3 is 0 Å². The molecule has 2 fully saturated rings. The molecule has 1 saturated carbocycles. The normalized spacial score (nSPS) is 19.6. The lowest BCUT2D eigenvalue weighted by Gasteiger charge is -2.26. The zero-order valence-electron chi connectivity index (χ0n) is 15.4. The van der Waals surface area contributed by atoms with Crippen LogP contribution in [-0.4, -0.2) is 42.7 Å². The first-order valence-corrected chi connectivity index (χ1v) is 12.0. The van der Waals surface area contributed by atoms with Gasteiger partial charge in [-0.1, -0.05) is 25.3 Å². The second-order valence-corrected chi connectivity index (χ2v) is 10.4. The maximum Gasteiger partial charge on any atom is 0.243 e. The minimum atomic E-state index is -3.50. The fourth-order valence-corrected chi connectivity index (χ4v) is 6.54. The zero-order chi connectivity index (χ0) is 18.6. The van der Waals surface area contributed by atoms with Gasteiger partial charge in [0.25, 0.3) is 0 Å². The van der Waals surface area contributed by atoms with Crippen molar-refractivity contribution in [1.29, 1.82) is 0 Å². The van der Waals surface area contributed by atoms with Gasteiger partial charge in [0.05, 0.1) is 10.6 Å². The number of sulfonamides is 1. The van der Waals surface area contributed by atoms with Crippen LogP contribution in [0.4, 0.5) is 5.69 Å². The van der Waals surface area contributed by atoms with Crippen LogP contribution >= 0.6 is 11.8 Å². The summed E-state index contributed by atoms with van der Waals surface area (Å²) < 4.78 is 27.5. The molecule has 1 heterocycles. The van der Waals surface area contributed by atoms with E-state index in [0.29, 0.717) is 40.2 Å². The van der Waals surface area contributed by atoms with Gasteiger partial charge in [0.2, 0.25) is 15.9 Å². The minimum Gasteiger partial charge on any atom is -0.325 e. The lowest BCUT2D eigenvalue weighted by Crippen LogP contribution is -2.36. The Labute approximate surface area is 161 Å². The molecule has 1 aliphatic carbocycles. The molecule has 26 heavy (non-hydrogen) atoms. The Hall–Kier alpha value is -1.05. The Morgan fingerprint density at radius 2 is 1.85 bits per heavy atom. The number of rotatable bonds is 6. The SMILES string of the molecule is Cc1ccc(NC(=O)CSC2CCCC2)cc1S(=O)(=O)N1CCCCC1. The number of thioether (sulfide) groups is 1.